The molecular weight excluding hydrogens is 628 g/mol. The molecule has 2 fully saturated rings. The minimum absolute atomic E-state index is 0.0386. The Labute approximate surface area is 273 Å². The molecule has 12 nitrogen and oxygen atoms in total. The van der Waals surface area contributed by atoms with Gasteiger partial charge in [0.15, 0.2) is 5.69 Å². The lowest BCUT2D eigenvalue weighted by atomic mass is 10.0. The van der Waals surface area contributed by atoms with E-state index in [0.29, 0.717) is 22.9 Å². The smallest absolute Gasteiger partial charge is 0.285 e. The molecule has 2 aromatic carbocycles. The van der Waals surface area contributed by atoms with Crippen LogP contribution in [0.3, 0.4) is 0 Å². The van der Waals surface area contributed by atoms with Crippen LogP contribution in [0.2, 0.25) is 5.15 Å². The molecule has 242 valence electrons. The third kappa shape index (κ3) is 5.96. The number of halogens is 1. The fourth-order valence-electron chi connectivity index (χ4n) is 6.55. The number of aromatic nitrogens is 3. The number of piperazine rings is 1. The molecule has 0 spiro atoms. The summed E-state index contributed by atoms with van der Waals surface area (Å²) in [5.74, 6) is -0.291. The number of aryl methyl sites for hydroxylation is 1. The maximum atomic E-state index is 13.8. The van der Waals surface area contributed by atoms with Gasteiger partial charge < -0.3 is 20.0 Å². The van der Waals surface area contributed by atoms with Gasteiger partial charge in [-0.3, -0.25) is 14.2 Å². The predicted molar refractivity (Wildman–Crippen MR) is 183 cm³/mol. The Bertz CT molecular complexity index is 2020. The first kappa shape index (κ1) is 31.6. The van der Waals surface area contributed by atoms with Crippen molar-refractivity contribution in [2.45, 2.75) is 38.4 Å². The number of nitrogens with one attached hydrogen (secondary N) is 2. The van der Waals surface area contributed by atoms with Gasteiger partial charge in [-0.05, 0) is 68.3 Å². The van der Waals surface area contributed by atoms with Gasteiger partial charge in [0.25, 0.3) is 11.5 Å². The van der Waals surface area contributed by atoms with E-state index in [1.807, 2.05) is 44.8 Å². The summed E-state index contributed by atoms with van der Waals surface area (Å²) >= 11 is 6.06. The van der Waals surface area contributed by atoms with Crippen molar-refractivity contribution in [3.05, 3.63) is 80.9 Å². The SMILES string of the molecule is Cc1cc([C@@H](C)Nc2ccc(Cl)nc2C(=O)NS(C)(=O)=O)c2nc(N3C[C@@H]4C[C@H]3CN4c3ccc(N(C)C)cc3)n(C)c(=O)c2c1. The van der Waals surface area contributed by atoms with Gasteiger partial charge in [0.05, 0.1) is 34.9 Å². The number of rotatable bonds is 8. The summed E-state index contributed by atoms with van der Waals surface area (Å²) in [5, 5.41) is 3.81. The van der Waals surface area contributed by atoms with Gasteiger partial charge in [0.1, 0.15) is 5.15 Å². The van der Waals surface area contributed by atoms with Gasteiger partial charge in [0, 0.05) is 57.2 Å². The van der Waals surface area contributed by atoms with Crippen LogP contribution < -0.4 is 30.3 Å². The summed E-state index contributed by atoms with van der Waals surface area (Å²) in [6.07, 6.45) is 1.87. The van der Waals surface area contributed by atoms with E-state index in [1.54, 1.807) is 17.7 Å². The maximum Gasteiger partial charge on any atom is 0.285 e. The molecule has 2 aliphatic rings. The molecule has 2 bridgehead atoms. The van der Waals surface area contributed by atoms with Gasteiger partial charge in [-0.2, -0.15) is 0 Å². The first-order valence-electron chi connectivity index (χ1n) is 15.0. The van der Waals surface area contributed by atoms with E-state index in [9.17, 15) is 18.0 Å². The molecule has 4 heterocycles. The highest BCUT2D eigenvalue weighted by molar-refractivity contribution is 7.89. The first-order valence-corrected chi connectivity index (χ1v) is 17.2. The van der Waals surface area contributed by atoms with Gasteiger partial charge in [-0.1, -0.05) is 17.7 Å². The summed E-state index contributed by atoms with van der Waals surface area (Å²) in [7, 11) is 1.99. The van der Waals surface area contributed by atoms with Crippen molar-refractivity contribution in [2.75, 3.05) is 53.5 Å². The minimum atomic E-state index is -3.83. The Morgan fingerprint density at radius 3 is 2.35 bits per heavy atom. The van der Waals surface area contributed by atoms with Crippen molar-refractivity contribution in [1.82, 2.24) is 19.3 Å². The predicted octanol–water partition coefficient (Wildman–Crippen LogP) is 3.69. The van der Waals surface area contributed by atoms with Gasteiger partial charge in [-0.15, -0.1) is 0 Å². The van der Waals surface area contributed by atoms with E-state index < -0.39 is 22.0 Å². The Morgan fingerprint density at radius 1 is 1.04 bits per heavy atom. The van der Waals surface area contributed by atoms with Crippen molar-refractivity contribution < 1.29 is 13.2 Å². The second-order valence-corrected chi connectivity index (χ2v) is 14.5. The normalized spacial score (nSPS) is 18.2. The van der Waals surface area contributed by atoms with Crippen LogP contribution in [0.5, 0.6) is 0 Å². The molecule has 0 aliphatic carbocycles. The van der Waals surface area contributed by atoms with E-state index in [1.165, 1.54) is 11.8 Å². The number of hydrogen-bond donors (Lipinski definition) is 2. The van der Waals surface area contributed by atoms with E-state index in [-0.39, 0.29) is 28.1 Å². The van der Waals surface area contributed by atoms with Crippen molar-refractivity contribution in [3.8, 4) is 0 Å². The van der Waals surface area contributed by atoms with E-state index >= 15 is 0 Å². The van der Waals surface area contributed by atoms with Crippen LogP contribution in [0, 0.1) is 6.92 Å². The zero-order valence-corrected chi connectivity index (χ0v) is 28.1. The fraction of sp³-hybridized carbons (Fsp3) is 0.375. The monoisotopic (exact) mass is 664 g/mol. The zero-order valence-electron chi connectivity index (χ0n) is 26.6. The number of carbonyl (C=O) groups is 1. The molecule has 0 saturated carbocycles. The molecule has 2 N–H and O–H groups in total. The number of carbonyl (C=O) groups excluding carboxylic acids is 1. The van der Waals surface area contributed by atoms with Crippen LogP contribution in [0.15, 0.2) is 53.3 Å². The number of fused-ring (bicyclic) bond motifs is 3. The number of hydrogen-bond acceptors (Lipinski definition) is 10. The molecule has 2 saturated heterocycles. The third-order valence-electron chi connectivity index (χ3n) is 8.72. The van der Waals surface area contributed by atoms with E-state index in [0.717, 1.165) is 42.6 Å². The topological polar surface area (TPSA) is 133 Å². The minimum Gasteiger partial charge on any atom is -0.378 e. The second-order valence-electron chi connectivity index (χ2n) is 12.4. The molecule has 0 unspecified atom stereocenters. The lowest BCUT2D eigenvalue weighted by molar-refractivity contribution is 0.0977. The standard InChI is InChI=1S/C32H37ClN8O4S/c1-18-13-24(19(2)34-26-11-12-27(33)35-29(26)30(42)37-46(6,44)45)28-25(14-18)31(43)39(5)32(36-28)41-17-22-15-23(41)16-40(22)21-9-7-20(8-10-21)38(3)4/h7-14,19,22-23,34H,15-17H2,1-6H3,(H,37,42)/t19-,22+,23+/m1/s1. The van der Waals surface area contributed by atoms with Crippen LogP contribution in [0.25, 0.3) is 10.9 Å². The molecular formula is C32H37ClN8O4S. The van der Waals surface area contributed by atoms with Crippen molar-refractivity contribution in [1.29, 1.82) is 0 Å². The Hall–Kier alpha value is -4.36. The lowest BCUT2D eigenvalue weighted by Crippen LogP contribution is -2.48. The highest BCUT2D eigenvalue weighted by Crippen LogP contribution is 2.38. The fourth-order valence-corrected chi connectivity index (χ4v) is 7.13. The van der Waals surface area contributed by atoms with Crippen molar-refractivity contribution in [2.24, 2.45) is 7.05 Å². The number of benzene rings is 2. The molecule has 2 aromatic heterocycles. The Morgan fingerprint density at radius 2 is 1.72 bits per heavy atom. The summed E-state index contributed by atoms with van der Waals surface area (Å²) in [5.41, 5.74) is 4.52. The Kier molecular flexibility index (Phi) is 8.09. The average molecular weight is 665 g/mol. The summed E-state index contributed by atoms with van der Waals surface area (Å²) < 4.78 is 27.1. The van der Waals surface area contributed by atoms with Gasteiger partial charge in [0.2, 0.25) is 16.0 Å². The zero-order chi connectivity index (χ0) is 33.1. The van der Waals surface area contributed by atoms with Crippen LogP contribution in [0.4, 0.5) is 23.0 Å². The summed E-state index contributed by atoms with van der Waals surface area (Å²) in [4.78, 5) is 42.6. The number of sulfonamides is 1. The molecule has 46 heavy (non-hydrogen) atoms. The quantitative estimate of drug-likeness (QED) is 0.269. The number of anilines is 4. The Balaban J connectivity index is 1.32. The lowest BCUT2D eigenvalue weighted by Gasteiger charge is -2.37. The van der Waals surface area contributed by atoms with Gasteiger partial charge in [-0.25, -0.2) is 23.1 Å². The summed E-state index contributed by atoms with van der Waals surface area (Å²) in [6, 6.07) is 15.5. The number of nitrogens with zero attached hydrogens (tertiary/aromatic N) is 6. The number of pyridine rings is 1. The molecule has 1 amide bonds. The van der Waals surface area contributed by atoms with Gasteiger partial charge >= 0.3 is 0 Å². The number of amides is 1. The molecule has 4 aromatic rings. The van der Waals surface area contributed by atoms with E-state index in [2.05, 4.69) is 49.3 Å². The van der Waals surface area contributed by atoms with E-state index in [4.69, 9.17) is 16.6 Å². The average Bonchev–Trinajstić information content (AvgIpc) is 3.60. The molecule has 0 radical (unpaired) electrons. The first-order chi connectivity index (χ1) is 21.7. The maximum absolute atomic E-state index is 13.8. The largest absolute Gasteiger partial charge is 0.378 e. The van der Waals surface area contributed by atoms with Crippen LogP contribution >= 0.6 is 11.6 Å². The molecule has 3 atom stereocenters. The molecule has 2 aliphatic heterocycles. The third-order valence-corrected chi connectivity index (χ3v) is 9.49. The second kappa shape index (κ2) is 11.8. The van der Waals surface area contributed by atoms with Crippen LogP contribution in [0.1, 0.15) is 41.0 Å². The van der Waals surface area contributed by atoms with Crippen LogP contribution in [-0.2, 0) is 17.1 Å². The van der Waals surface area contributed by atoms with Crippen molar-refractivity contribution >= 4 is 61.4 Å². The molecule has 6 rings (SSSR count). The molecule has 14 heteroatoms. The van der Waals surface area contributed by atoms with Crippen LogP contribution in [-0.4, -0.2) is 74.4 Å². The highest BCUT2D eigenvalue weighted by Gasteiger charge is 2.44. The summed E-state index contributed by atoms with van der Waals surface area (Å²) in [6.45, 7) is 5.38. The van der Waals surface area contributed by atoms with Crippen molar-refractivity contribution in [3.63, 3.8) is 0 Å². The highest BCUT2D eigenvalue weighted by atomic mass is 35.5.